The molecule has 1 aliphatic heterocycles. The van der Waals surface area contributed by atoms with Crippen molar-refractivity contribution in [3.05, 3.63) is 29.8 Å². The van der Waals surface area contributed by atoms with Crippen molar-refractivity contribution in [2.45, 2.75) is 19.4 Å². The van der Waals surface area contributed by atoms with Gasteiger partial charge >= 0.3 is 6.03 Å². The summed E-state index contributed by atoms with van der Waals surface area (Å²) in [4.78, 5) is 23.0. The number of hydrogen-bond acceptors (Lipinski definition) is 3. The summed E-state index contributed by atoms with van der Waals surface area (Å²) in [7, 11) is 0. The minimum Gasteiger partial charge on any atom is -0.351 e. The van der Waals surface area contributed by atoms with E-state index in [4.69, 9.17) is 5.73 Å². The predicted molar refractivity (Wildman–Crippen MR) is 84.8 cm³/mol. The lowest BCUT2D eigenvalue weighted by atomic mass is 9.95. The number of urea groups is 1. The van der Waals surface area contributed by atoms with Crippen molar-refractivity contribution in [1.82, 2.24) is 10.6 Å². The van der Waals surface area contributed by atoms with Gasteiger partial charge in [0, 0.05) is 17.3 Å². The monoisotopic (exact) mass is 312 g/mol. The third-order valence-electron chi connectivity index (χ3n) is 3.49. The van der Waals surface area contributed by atoms with Crippen molar-refractivity contribution in [3.63, 3.8) is 0 Å². The topological polar surface area (TPSA) is 96.2 Å². The highest BCUT2D eigenvalue weighted by molar-refractivity contribution is 5.96. The van der Waals surface area contributed by atoms with Crippen LogP contribution in [0.15, 0.2) is 24.3 Å². The molecular weight excluding hydrogens is 292 g/mol. The SMILES string of the molecule is CC1CNCCC1NC(=O)c1cccc(NC(N)=O)c1.Cl. The molecule has 1 aromatic rings. The number of hydrogen-bond donors (Lipinski definition) is 4. The predicted octanol–water partition coefficient (Wildman–Crippen LogP) is 1.33. The van der Waals surface area contributed by atoms with Crippen LogP contribution in [0.25, 0.3) is 0 Å². The van der Waals surface area contributed by atoms with Crippen LogP contribution in [0.4, 0.5) is 10.5 Å². The average Bonchev–Trinajstić information content (AvgIpc) is 2.41. The Balaban J connectivity index is 0.00000220. The van der Waals surface area contributed by atoms with Crippen molar-refractivity contribution in [3.8, 4) is 0 Å². The van der Waals surface area contributed by atoms with Crippen LogP contribution in [0.2, 0.25) is 0 Å². The van der Waals surface area contributed by atoms with E-state index in [1.807, 2.05) is 0 Å². The fourth-order valence-electron chi connectivity index (χ4n) is 2.36. The van der Waals surface area contributed by atoms with Gasteiger partial charge in [-0.25, -0.2) is 4.79 Å². The molecule has 1 fully saturated rings. The lowest BCUT2D eigenvalue weighted by Gasteiger charge is -2.30. The maximum Gasteiger partial charge on any atom is 0.316 e. The number of halogens is 1. The lowest BCUT2D eigenvalue weighted by Crippen LogP contribution is -2.48. The maximum atomic E-state index is 12.2. The van der Waals surface area contributed by atoms with Gasteiger partial charge in [-0.1, -0.05) is 13.0 Å². The summed E-state index contributed by atoms with van der Waals surface area (Å²) >= 11 is 0. The molecule has 1 saturated heterocycles. The molecule has 116 valence electrons. The van der Waals surface area contributed by atoms with Crippen LogP contribution in [-0.4, -0.2) is 31.1 Å². The van der Waals surface area contributed by atoms with Crippen molar-refractivity contribution < 1.29 is 9.59 Å². The summed E-state index contributed by atoms with van der Waals surface area (Å²) in [5.41, 5.74) is 6.09. The van der Waals surface area contributed by atoms with E-state index in [0.29, 0.717) is 17.2 Å². The first-order valence-electron chi connectivity index (χ1n) is 6.74. The molecule has 7 heteroatoms. The Hall–Kier alpha value is -1.79. The molecule has 0 spiro atoms. The summed E-state index contributed by atoms with van der Waals surface area (Å²) in [6.07, 6.45) is 0.923. The highest BCUT2D eigenvalue weighted by Crippen LogP contribution is 2.14. The van der Waals surface area contributed by atoms with Gasteiger partial charge in [0.2, 0.25) is 0 Å². The van der Waals surface area contributed by atoms with Gasteiger partial charge < -0.3 is 21.7 Å². The number of carbonyl (C=O) groups excluding carboxylic acids is 2. The van der Waals surface area contributed by atoms with Crippen LogP contribution in [0, 0.1) is 5.92 Å². The smallest absolute Gasteiger partial charge is 0.316 e. The lowest BCUT2D eigenvalue weighted by molar-refractivity contribution is 0.0914. The van der Waals surface area contributed by atoms with Gasteiger partial charge in [-0.15, -0.1) is 12.4 Å². The second-order valence-corrected chi connectivity index (χ2v) is 5.12. The molecule has 6 nitrogen and oxygen atoms in total. The first kappa shape index (κ1) is 17.3. The molecule has 2 rings (SSSR count). The first-order valence-corrected chi connectivity index (χ1v) is 6.74. The molecule has 2 atom stereocenters. The van der Waals surface area contributed by atoms with Gasteiger partial charge in [0.1, 0.15) is 0 Å². The normalized spacial score (nSPS) is 21.0. The van der Waals surface area contributed by atoms with E-state index in [9.17, 15) is 9.59 Å². The Kier molecular flexibility index (Phi) is 6.45. The second-order valence-electron chi connectivity index (χ2n) is 5.12. The third-order valence-corrected chi connectivity index (χ3v) is 3.49. The Morgan fingerprint density at radius 3 is 2.81 bits per heavy atom. The number of anilines is 1. The minimum atomic E-state index is -0.644. The Labute approximate surface area is 130 Å². The molecule has 0 radical (unpaired) electrons. The first-order chi connectivity index (χ1) is 9.56. The zero-order valence-corrected chi connectivity index (χ0v) is 12.7. The highest BCUT2D eigenvalue weighted by Gasteiger charge is 2.23. The van der Waals surface area contributed by atoms with Gasteiger partial charge in [-0.05, 0) is 43.6 Å². The van der Waals surface area contributed by atoms with E-state index in [1.165, 1.54) is 0 Å². The van der Waals surface area contributed by atoms with Crippen LogP contribution >= 0.6 is 12.4 Å². The second kappa shape index (κ2) is 7.85. The number of nitrogens with one attached hydrogen (secondary N) is 3. The van der Waals surface area contributed by atoms with E-state index < -0.39 is 6.03 Å². The number of piperidine rings is 1. The van der Waals surface area contributed by atoms with Crippen molar-refractivity contribution in [2.75, 3.05) is 18.4 Å². The van der Waals surface area contributed by atoms with Gasteiger partial charge in [0.15, 0.2) is 0 Å². The zero-order chi connectivity index (χ0) is 14.5. The third kappa shape index (κ3) is 4.91. The van der Waals surface area contributed by atoms with Crippen LogP contribution in [-0.2, 0) is 0 Å². The molecule has 0 aliphatic carbocycles. The van der Waals surface area contributed by atoms with Crippen molar-refractivity contribution in [2.24, 2.45) is 11.7 Å². The number of rotatable bonds is 3. The average molecular weight is 313 g/mol. The molecule has 21 heavy (non-hydrogen) atoms. The van der Waals surface area contributed by atoms with Crippen molar-refractivity contribution >= 4 is 30.0 Å². The van der Waals surface area contributed by atoms with E-state index in [1.54, 1.807) is 24.3 Å². The summed E-state index contributed by atoms with van der Waals surface area (Å²) in [5.74, 6) is 0.275. The largest absolute Gasteiger partial charge is 0.351 e. The Morgan fingerprint density at radius 1 is 1.38 bits per heavy atom. The fourth-order valence-corrected chi connectivity index (χ4v) is 2.36. The van der Waals surface area contributed by atoms with Gasteiger partial charge in [0.05, 0.1) is 0 Å². The quantitative estimate of drug-likeness (QED) is 0.678. The zero-order valence-electron chi connectivity index (χ0n) is 11.9. The summed E-state index contributed by atoms with van der Waals surface area (Å²) in [6, 6.07) is 6.27. The van der Waals surface area contributed by atoms with E-state index in [-0.39, 0.29) is 24.4 Å². The molecule has 5 N–H and O–H groups in total. The van der Waals surface area contributed by atoms with Crippen molar-refractivity contribution in [1.29, 1.82) is 0 Å². The Bertz CT molecular complexity index is 510. The van der Waals surface area contributed by atoms with Crippen LogP contribution in [0.1, 0.15) is 23.7 Å². The minimum absolute atomic E-state index is 0. The highest BCUT2D eigenvalue weighted by atomic mass is 35.5. The molecule has 2 unspecified atom stereocenters. The number of primary amides is 1. The Morgan fingerprint density at radius 2 is 2.14 bits per heavy atom. The molecule has 0 aromatic heterocycles. The summed E-state index contributed by atoms with van der Waals surface area (Å²) in [6.45, 7) is 3.94. The molecule has 3 amide bonds. The molecule has 1 heterocycles. The van der Waals surface area contributed by atoms with Crippen LogP contribution < -0.4 is 21.7 Å². The van der Waals surface area contributed by atoms with Gasteiger partial charge in [-0.3, -0.25) is 4.79 Å². The standard InChI is InChI=1S/C14H20N4O2.ClH/c1-9-8-16-6-5-12(9)18-13(19)10-3-2-4-11(7-10)17-14(15)20;/h2-4,7,9,12,16H,5-6,8H2,1H3,(H,18,19)(H3,15,17,20);1H. The number of nitrogens with two attached hydrogens (primary N) is 1. The van der Waals surface area contributed by atoms with Crippen LogP contribution in [0.5, 0.6) is 0 Å². The van der Waals surface area contributed by atoms with E-state index >= 15 is 0 Å². The number of carbonyl (C=O) groups is 2. The molecule has 1 aromatic carbocycles. The number of benzene rings is 1. The molecule has 1 aliphatic rings. The van der Waals surface area contributed by atoms with Gasteiger partial charge in [-0.2, -0.15) is 0 Å². The van der Waals surface area contributed by atoms with Crippen LogP contribution in [0.3, 0.4) is 0 Å². The fraction of sp³-hybridized carbons (Fsp3) is 0.429. The summed E-state index contributed by atoms with van der Waals surface area (Å²) in [5, 5.41) is 8.80. The maximum absolute atomic E-state index is 12.2. The molecular formula is C14H21ClN4O2. The summed E-state index contributed by atoms with van der Waals surface area (Å²) < 4.78 is 0. The number of amides is 3. The molecule has 0 saturated carbocycles. The van der Waals surface area contributed by atoms with E-state index in [2.05, 4.69) is 22.9 Å². The molecule has 0 bridgehead atoms. The van der Waals surface area contributed by atoms with E-state index in [0.717, 1.165) is 19.5 Å². The van der Waals surface area contributed by atoms with Gasteiger partial charge in [0.25, 0.3) is 5.91 Å².